The van der Waals surface area contributed by atoms with Crippen molar-refractivity contribution in [3.8, 4) is 0 Å². The highest BCUT2D eigenvalue weighted by Gasteiger charge is 2.03. The molecule has 5 heavy (non-hydrogen) atoms. The van der Waals surface area contributed by atoms with Crippen LogP contribution < -0.4 is 0 Å². The summed E-state index contributed by atoms with van der Waals surface area (Å²) in [5.74, 6) is 1.13. The van der Waals surface area contributed by atoms with Crippen molar-refractivity contribution in [1.82, 2.24) is 0 Å². The Morgan fingerprint density at radius 2 is 2.60 bits per heavy atom. The van der Waals surface area contributed by atoms with Gasteiger partial charge in [0, 0.05) is 6.42 Å². The molecule has 1 nitrogen and oxygen atoms in total. The summed E-state index contributed by atoms with van der Waals surface area (Å²) in [4.78, 5) is 0. The lowest BCUT2D eigenvalue weighted by Crippen LogP contribution is -1.62. The molecule has 0 N–H and O–H groups in total. The molecule has 0 saturated heterocycles. The minimum atomic E-state index is 1.08. The van der Waals surface area contributed by atoms with Crippen molar-refractivity contribution in [3.63, 3.8) is 0 Å². The van der Waals surface area contributed by atoms with Gasteiger partial charge in [-0.05, 0) is 6.08 Å². The average molecular weight is 70.1 g/mol. The lowest BCUT2D eigenvalue weighted by molar-refractivity contribution is 0.309. The summed E-state index contributed by atoms with van der Waals surface area (Å²) in [5, 5.41) is 0. The second kappa shape index (κ2) is 0.744. The normalized spacial score (nSPS) is 17.4. The molecule has 0 atom stereocenters. The number of ether oxygens (including phenoxy) is 1. The minimum Gasteiger partial charge on any atom is -0.501 e. The van der Waals surface area contributed by atoms with Crippen LogP contribution in [0.1, 0.15) is 6.42 Å². The number of allylic oxidation sites excluding steroid dienone is 2. The van der Waals surface area contributed by atoms with Crippen LogP contribution >= 0.6 is 0 Å². The van der Waals surface area contributed by atoms with Gasteiger partial charge in [-0.25, -0.2) is 0 Å². The van der Waals surface area contributed by atoms with Crippen molar-refractivity contribution >= 4 is 0 Å². The molecule has 28 valence electrons. The van der Waals surface area contributed by atoms with Crippen molar-refractivity contribution in [3.05, 3.63) is 11.8 Å². The van der Waals surface area contributed by atoms with Crippen LogP contribution in [0.5, 0.6) is 0 Å². The van der Waals surface area contributed by atoms with Crippen molar-refractivity contribution in [2.75, 3.05) is 7.11 Å². The fraction of sp³-hybridized carbons (Fsp3) is 0.500. The Morgan fingerprint density at radius 3 is 2.60 bits per heavy atom. The van der Waals surface area contributed by atoms with Crippen molar-refractivity contribution in [2.24, 2.45) is 0 Å². The molecule has 1 aliphatic carbocycles. The zero-order valence-electron chi connectivity index (χ0n) is 3.19. The standard InChI is InChI=1S/C4H6O/c1-5-4-2-3-4/h2H,3H2,1H3. The van der Waals surface area contributed by atoms with Crippen LogP contribution in [-0.2, 0) is 4.74 Å². The maximum absolute atomic E-state index is 4.72. The van der Waals surface area contributed by atoms with Crippen LogP contribution in [-0.4, -0.2) is 7.11 Å². The Morgan fingerprint density at radius 1 is 2.00 bits per heavy atom. The Balaban J connectivity index is 2.22. The smallest absolute Gasteiger partial charge is 0.0959 e. The van der Waals surface area contributed by atoms with Gasteiger partial charge in [0.2, 0.25) is 0 Å². The molecule has 0 heterocycles. The third kappa shape index (κ3) is 0.407. The quantitative estimate of drug-likeness (QED) is 0.445. The molecule has 0 aliphatic heterocycles. The first-order chi connectivity index (χ1) is 2.43. The maximum Gasteiger partial charge on any atom is 0.0959 e. The van der Waals surface area contributed by atoms with Crippen LogP contribution in [0, 0.1) is 0 Å². The maximum atomic E-state index is 4.72. The van der Waals surface area contributed by atoms with E-state index in [1.54, 1.807) is 7.11 Å². The lowest BCUT2D eigenvalue weighted by atomic mass is 10.8. The van der Waals surface area contributed by atoms with Crippen LogP contribution in [0.2, 0.25) is 0 Å². The highest BCUT2D eigenvalue weighted by Crippen LogP contribution is 2.16. The van der Waals surface area contributed by atoms with Crippen molar-refractivity contribution < 1.29 is 4.74 Å². The van der Waals surface area contributed by atoms with E-state index in [9.17, 15) is 0 Å². The first kappa shape index (κ1) is 2.76. The van der Waals surface area contributed by atoms with Gasteiger partial charge in [-0.1, -0.05) is 0 Å². The highest BCUT2D eigenvalue weighted by atomic mass is 16.5. The van der Waals surface area contributed by atoms with Gasteiger partial charge in [-0.2, -0.15) is 0 Å². The van der Waals surface area contributed by atoms with E-state index in [0.717, 1.165) is 12.2 Å². The molecule has 0 aromatic carbocycles. The number of methoxy groups -OCH3 is 1. The Bertz CT molecular complexity index is 64.0. The van der Waals surface area contributed by atoms with E-state index in [-0.39, 0.29) is 0 Å². The zero-order chi connectivity index (χ0) is 3.70. The van der Waals surface area contributed by atoms with E-state index in [1.165, 1.54) is 0 Å². The van der Waals surface area contributed by atoms with Crippen LogP contribution in [0.4, 0.5) is 0 Å². The first-order valence-electron chi connectivity index (χ1n) is 1.66. The number of hydrogen-bond donors (Lipinski definition) is 0. The van der Waals surface area contributed by atoms with Gasteiger partial charge >= 0.3 is 0 Å². The summed E-state index contributed by atoms with van der Waals surface area (Å²) in [6, 6.07) is 0. The van der Waals surface area contributed by atoms with E-state index in [0.29, 0.717) is 0 Å². The molecule has 0 fully saturated rings. The van der Waals surface area contributed by atoms with Crippen molar-refractivity contribution in [2.45, 2.75) is 6.42 Å². The van der Waals surface area contributed by atoms with Gasteiger partial charge in [-0.3, -0.25) is 0 Å². The van der Waals surface area contributed by atoms with Crippen LogP contribution in [0.15, 0.2) is 11.8 Å². The Kier molecular flexibility index (Phi) is 0.411. The van der Waals surface area contributed by atoms with E-state index in [4.69, 9.17) is 4.74 Å². The fourth-order valence-electron chi connectivity index (χ4n) is 0.208. The van der Waals surface area contributed by atoms with Gasteiger partial charge in [0.1, 0.15) is 0 Å². The topological polar surface area (TPSA) is 9.23 Å². The summed E-state index contributed by atoms with van der Waals surface area (Å²) >= 11 is 0. The number of rotatable bonds is 1. The van der Waals surface area contributed by atoms with E-state index < -0.39 is 0 Å². The molecular weight excluding hydrogens is 64.0 g/mol. The predicted octanol–water partition coefficient (Wildman–Crippen LogP) is 0.920. The highest BCUT2D eigenvalue weighted by molar-refractivity contribution is 5.13. The average Bonchev–Trinajstić information content (AvgIpc) is 2.12. The van der Waals surface area contributed by atoms with Crippen LogP contribution in [0.25, 0.3) is 0 Å². The van der Waals surface area contributed by atoms with E-state index in [1.807, 2.05) is 6.08 Å². The van der Waals surface area contributed by atoms with Gasteiger partial charge in [0.15, 0.2) is 0 Å². The summed E-state index contributed by atoms with van der Waals surface area (Å²) in [6.07, 6.45) is 3.12. The van der Waals surface area contributed by atoms with Crippen molar-refractivity contribution in [1.29, 1.82) is 0 Å². The van der Waals surface area contributed by atoms with Gasteiger partial charge < -0.3 is 4.74 Å². The molecule has 0 aromatic rings. The molecule has 0 saturated carbocycles. The van der Waals surface area contributed by atoms with Crippen LogP contribution in [0.3, 0.4) is 0 Å². The molecule has 0 radical (unpaired) electrons. The summed E-state index contributed by atoms with van der Waals surface area (Å²) < 4.78 is 4.72. The zero-order valence-corrected chi connectivity index (χ0v) is 3.19. The second-order valence-corrected chi connectivity index (χ2v) is 1.08. The van der Waals surface area contributed by atoms with E-state index >= 15 is 0 Å². The van der Waals surface area contributed by atoms with Gasteiger partial charge in [0.25, 0.3) is 0 Å². The predicted molar refractivity (Wildman–Crippen MR) is 19.7 cm³/mol. The molecule has 0 bridgehead atoms. The fourth-order valence-corrected chi connectivity index (χ4v) is 0.208. The van der Waals surface area contributed by atoms with Gasteiger partial charge in [-0.15, -0.1) is 0 Å². The Hall–Kier alpha value is -0.460. The summed E-state index contributed by atoms with van der Waals surface area (Å²) in [5.41, 5.74) is 0. The molecule has 0 aromatic heterocycles. The molecule has 1 aliphatic rings. The molecule has 0 amide bonds. The monoisotopic (exact) mass is 70.0 g/mol. The first-order valence-corrected chi connectivity index (χ1v) is 1.66. The summed E-state index contributed by atoms with van der Waals surface area (Å²) in [7, 11) is 1.69. The largest absolute Gasteiger partial charge is 0.501 e. The number of hydrogen-bond acceptors (Lipinski definition) is 1. The lowest BCUT2D eigenvalue weighted by Gasteiger charge is -1.79. The third-order valence-corrected chi connectivity index (χ3v) is 0.633. The molecule has 1 heteroatoms. The molecule has 1 rings (SSSR count). The molecule has 0 unspecified atom stereocenters. The third-order valence-electron chi connectivity index (χ3n) is 0.633. The SMILES string of the molecule is COC1=CC1. The minimum absolute atomic E-state index is 1.08. The second-order valence-electron chi connectivity index (χ2n) is 1.08. The Labute approximate surface area is 31.3 Å². The summed E-state index contributed by atoms with van der Waals surface area (Å²) in [6.45, 7) is 0. The van der Waals surface area contributed by atoms with E-state index in [2.05, 4.69) is 0 Å². The molecular formula is C4H6O. The van der Waals surface area contributed by atoms with Gasteiger partial charge in [0.05, 0.1) is 12.9 Å². The molecule has 0 spiro atoms.